The van der Waals surface area contributed by atoms with Crippen LogP contribution in [0.1, 0.15) is 16.8 Å². The molecule has 14 heteroatoms. The average molecular weight is 607 g/mol. The van der Waals surface area contributed by atoms with E-state index in [4.69, 9.17) is 9.47 Å². The summed E-state index contributed by atoms with van der Waals surface area (Å²) in [5, 5.41) is 0.232. The lowest BCUT2D eigenvalue weighted by molar-refractivity contribution is 0.0986. The zero-order chi connectivity index (χ0) is 27.9. The van der Waals surface area contributed by atoms with Gasteiger partial charge in [-0.25, -0.2) is 22.2 Å². The van der Waals surface area contributed by atoms with Gasteiger partial charge in [0, 0.05) is 45.5 Å². The second-order valence-corrected chi connectivity index (χ2v) is 11.7. The van der Waals surface area contributed by atoms with Crippen molar-refractivity contribution in [2.45, 2.75) is 11.3 Å². The molecule has 0 saturated heterocycles. The van der Waals surface area contributed by atoms with Crippen molar-refractivity contribution in [1.29, 1.82) is 0 Å². The van der Waals surface area contributed by atoms with Gasteiger partial charge in [0.05, 0.1) is 22.8 Å². The molecule has 1 heterocycles. The third-order valence-electron chi connectivity index (χ3n) is 5.69. The second-order valence-electron chi connectivity index (χ2n) is 8.76. The number of thiazole rings is 1. The molecule has 216 valence electrons. The summed E-state index contributed by atoms with van der Waals surface area (Å²) in [6.45, 7) is 1.70. The minimum absolute atomic E-state index is 0. The lowest BCUT2D eigenvalue weighted by atomic mass is 10.2. The van der Waals surface area contributed by atoms with Gasteiger partial charge in [0.15, 0.2) is 10.9 Å². The van der Waals surface area contributed by atoms with Gasteiger partial charge in [-0.2, -0.15) is 4.31 Å². The number of nitrogens with zero attached hydrogens (tertiary/aromatic N) is 4. The fraction of sp³-hybridized carbons (Fsp3) is 0.440. The lowest BCUT2D eigenvalue weighted by Gasteiger charge is -2.22. The number of halogens is 3. The van der Waals surface area contributed by atoms with Crippen LogP contribution in [0, 0.1) is 11.6 Å². The van der Waals surface area contributed by atoms with Gasteiger partial charge >= 0.3 is 0 Å². The van der Waals surface area contributed by atoms with E-state index in [0.29, 0.717) is 13.0 Å². The van der Waals surface area contributed by atoms with E-state index in [9.17, 15) is 22.0 Å². The van der Waals surface area contributed by atoms with Crippen LogP contribution in [0.2, 0.25) is 0 Å². The van der Waals surface area contributed by atoms with Gasteiger partial charge < -0.3 is 14.4 Å². The molecule has 0 radical (unpaired) electrons. The number of fused-ring (bicyclic) bond motifs is 1. The molecule has 3 aromatic rings. The Bertz CT molecular complexity index is 1330. The van der Waals surface area contributed by atoms with Crippen LogP contribution in [0.25, 0.3) is 10.2 Å². The third kappa shape index (κ3) is 8.37. The molecule has 1 amide bonds. The van der Waals surface area contributed by atoms with E-state index in [0.717, 1.165) is 17.4 Å². The standard InChI is InChI=1S/C25H32F2N4O5S2.ClH/c1-29(2)10-5-11-31(25-28-23-21(27)16-19(26)17-22(23)37-25)24(32)18-6-8-20(9-7-18)38(33,34)30(12-14-35-3)13-15-36-4;/h6-9,16-17H,5,10-15H2,1-4H3;1H. The van der Waals surface area contributed by atoms with E-state index in [1.165, 1.54) is 53.8 Å². The van der Waals surface area contributed by atoms with Crippen LogP contribution in [0.5, 0.6) is 0 Å². The fourth-order valence-corrected chi connectivity index (χ4v) is 6.14. The number of anilines is 1. The number of benzene rings is 2. The minimum Gasteiger partial charge on any atom is -0.383 e. The SMILES string of the molecule is COCCN(CCOC)S(=O)(=O)c1ccc(C(=O)N(CCCN(C)C)c2nc3c(F)cc(F)cc3s2)cc1.Cl. The molecule has 1 aromatic heterocycles. The Labute approximate surface area is 237 Å². The molecule has 0 atom stereocenters. The number of aromatic nitrogens is 1. The second kappa shape index (κ2) is 14.9. The van der Waals surface area contributed by atoms with Gasteiger partial charge in [-0.05, 0) is 57.4 Å². The Morgan fingerprint density at radius 3 is 2.15 bits per heavy atom. The van der Waals surface area contributed by atoms with E-state index in [1.54, 1.807) is 0 Å². The highest BCUT2D eigenvalue weighted by molar-refractivity contribution is 7.89. The molecular weight excluding hydrogens is 574 g/mol. The number of methoxy groups -OCH3 is 2. The summed E-state index contributed by atoms with van der Waals surface area (Å²) in [4.78, 5) is 21.2. The van der Waals surface area contributed by atoms with Crippen LogP contribution in [0.15, 0.2) is 41.3 Å². The summed E-state index contributed by atoms with van der Waals surface area (Å²) >= 11 is 1.02. The van der Waals surface area contributed by atoms with Crippen molar-refractivity contribution in [2.75, 3.05) is 72.6 Å². The van der Waals surface area contributed by atoms with Gasteiger partial charge in [0.2, 0.25) is 10.0 Å². The third-order valence-corrected chi connectivity index (χ3v) is 8.63. The van der Waals surface area contributed by atoms with Crippen molar-refractivity contribution in [3.63, 3.8) is 0 Å². The average Bonchev–Trinajstić information content (AvgIpc) is 3.30. The van der Waals surface area contributed by atoms with Crippen molar-refractivity contribution in [3.8, 4) is 0 Å². The molecule has 9 nitrogen and oxygen atoms in total. The van der Waals surface area contributed by atoms with E-state index >= 15 is 0 Å². The minimum atomic E-state index is -3.85. The summed E-state index contributed by atoms with van der Waals surface area (Å²) in [5.41, 5.74) is 0.227. The largest absolute Gasteiger partial charge is 0.383 e. The maximum Gasteiger partial charge on any atom is 0.260 e. The van der Waals surface area contributed by atoms with Crippen molar-refractivity contribution in [1.82, 2.24) is 14.2 Å². The Morgan fingerprint density at radius 1 is 0.974 bits per heavy atom. The van der Waals surface area contributed by atoms with E-state index < -0.39 is 27.6 Å². The van der Waals surface area contributed by atoms with Crippen LogP contribution in [-0.4, -0.2) is 96.2 Å². The molecule has 2 aromatic carbocycles. The molecule has 0 fully saturated rings. The predicted octanol–water partition coefficient (Wildman–Crippen LogP) is 3.88. The predicted molar refractivity (Wildman–Crippen MR) is 151 cm³/mol. The van der Waals surface area contributed by atoms with E-state index in [2.05, 4.69) is 4.98 Å². The molecule has 0 bridgehead atoms. The van der Waals surface area contributed by atoms with Crippen molar-refractivity contribution < 1.29 is 31.5 Å². The Kier molecular flexibility index (Phi) is 12.6. The van der Waals surface area contributed by atoms with Gasteiger partial charge in [-0.15, -0.1) is 12.4 Å². The van der Waals surface area contributed by atoms with Crippen molar-refractivity contribution >= 4 is 55.0 Å². The number of sulfonamides is 1. The number of ether oxygens (including phenoxy) is 2. The number of hydrogen-bond acceptors (Lipinski definition) is 8. The molecular formula is C25H33ClF2N4O5S2. The van der Waals surface area contributed by atoms with Crippen molar-refractivity contribution in [3.05, 3.63) is 53.6 Å². The van der Waals surface area contributed by atoms with E-state index in [-0.39, 0.29) is 71.1 Å². The molecule has 0 unspecified atom stereocenters. The summed E-state index contributed by atoms with van der Waals surface area (Å²) in [6, 6.07) is 7.56. The Balaban J connectivity index is 0.00000533. The highest BCUT2D eigenvalue weighted by Gasteiger charge is 2.26. The van der Waals surface area contributed by atoms with E-state index in [1.807, 2.05) is 19.0 Å². The van der Waals surface area contributed by atoms with Gasteiger partial charge in [0.1, 0.15) is 11.3 Å². The topological polar surface area (TPSA) is 92.3 Å². The van der Waals surface area contributed by atoms with Crippen LogP contribution in [0.4, 0.5) is 13.9 Å². The monoisotopic (exact) mass is 606 g/mol. The molecule has 3 rings (SSSR count). The lowest BCUT2D eigenvalue weighted by Crippen LogP contribution is -2.36. The molecule has 0 aliphatic carbocycles. The normalized spacial score (nSPS) is 11.8. The molecule has 0 aliphatic heterocycles. The zero-order valence-electron chi connectivity index (χ0n) is 22.2. The molecule has 0 spiro atoms. The smallest absolute Gasteiger partial charge is 0.260 e. The molecule has 0 N–H and O–H groups in total. The number of carbonyl (C=O) groups excluding carboxylic acids is 1. The first kappa shape index (κ1) is 32.9. The fourth-order valence-electron chi connectivity index (χ4n) is 3.70. The number of hydrogen-bond donors (Lipinski definition) is 0. The van der Waals surface area contributed by atoms with Gasteiger partial charge in [0.25, 0.3) is 5.91 Å². The molecule has 0 aliphatic rings. The highest BCUT2D eigenvalue weighted by atomic mass is 35.5. The Hall–Kier alpha value is -2.26. The molecule has 0 saturated carbocycles. The van der Waals surface area contributed by atoms with Gasteiger partial charge in [-0.3, -0.25) is 9.69 Å². The van der Waals surface area contributed by atoms with Gasteiger partial charge in [-0.1, -0.05) is 11.3 Å². The summed E-state index contributed by atoms with van der Waals surface area (Å²) in [6.07, 6.45) is 0.603. The maximum absolute atomic E-state index is 14.3. The first-order valence-electron chi connectivity index (χ1n) is 11.9. The summed E-state index contributed by atoms with van der Waals surface area (Å²) < 4.78 is 66.0. The first-order chi connectivity index (χ1) is 18.1. The quantitative estimate of drug-likeness (QED) is 0.275. The Morgan fingerprint density at radius 2 is 1.59 bits per heavy atom. The molecule has 39 heavy (non-hydrogen) atoms. The number of amides is 1. The van der Waals surface area contributed by atoms with Crippen LogP contribution >= 0.6 is 23.7 Å². The van der Waals surface area contributed by atoms with Crippen LogP contribution in [-0.2, 0) is 19.5 Å². The first-order valence-corrected chi connectivity index (χ1v) is 14.1. The maximum atomic E-state index is 14.3. The van der Waals surface area contributed by atoms with Crippen LogP contribution < -0.4 is 4.90 Å². The summed E-state index contributed by atoms with van der Waals surface area (Å²) in [5.74, 6) is -1.95. The number of carbonyl (C=O) groups is 1. The van der Waals surface area contributed by atoms with Crippen molar-refractivity contribution in [2.24, 2.45) is 0 Å². The highest BCUT2D eigenvalue weighted by Crippen LogP contribution is 2.32. The van der Waals surface area contributed by atoms with Crippen LogP contribution in [0.3, 0.4) is 0 Å². The number of rotatable bonds is 14. The zero-order valence-corrected chi connectivity index (χ0v) is 24.7. The summed E-state index contributed by atoms with van der Waals surface area (Å²) in [7, 11) is 2.93.